The largest absolute Gasteiger partial charge is 0.528 e. The van der Waals surface area contributed by atoms with Crippen LogP contribution in [0, 0.1) is 0 Å². The van der Waals surface area contributed by atoms with Crippen molar-refractivity contribution in [3.8, 4) is 17.2 Å². The second-order valence-electron chi connectivity index (χ2n) is 12.5. The number of nitrogens with zero attached hydrogens (tertiary/aromatic N) is 1. The van der Waals surface area contributed by atoms with Crippen LogP contribution in [0.15, 0.2) is 91.0 Å². The van der Waals surface area contributed by atoms with Crippen LogP contribution in [-0.2, 0) is 20.9 Å². The number of carbonyl (C=O) groups is 1. The summed E-state index contributed by atoms with van der Waals surface area (Å²) >= 11 is 0. The first-order chi connectivity index (χ1) is 22.7. The molecule has 4 aromatic carbocycles. The molecule has 1 saturated heterocycles. The topological polar surface area (TPSA) is 75.7 Å². The van der Waals surface area contributed by atoms with E-state index >= 15 is 0 Å². The van der Waals surface area contributed by atoms with Gasteiger partial charge in [-0.25, -0.2) is 4.79 Å². The lowest BCUT2D eigenvalue weighted by Crippen LogP contribution is -2.45. The van der Waals surface area contributed by atoms with Gasteiger partial charge in [-0.3, -0.25) is 0 Å². The van der Waals surface area contributed by atoms with Crippen LogP contribution in [-0.4, -0.2) is 56.8 Å². The molecule has 248 valence electrons. The maximum atomic E-state index is 12.5. The Labute approximate surface area is 277 Å². The van der Waals surface area contributed by atoms with E-state index in [-0.39, 0.29) is 18.6 Å². The third-order valence-electron chi connectivity index (χ3n) is 8.00. The Kier molecular flexibility index (Phi) is 11.4. The van der Waals surface area contributed by atoms with E-state index < -0.39 is 11.8 Å². The molecular formula is C39H45NO7. The van der Waals surface area contributed by atoms with E-state index in [0.29, 0.717) is 19.7 Å². The number of benzene rings is 4. The van der Waals surface area contributed by atoms with Crippen LogP contribution in [0.5, 0.6) is 17.2 Å². The number of hydroxylamine groups is 2. The van der Waals surface area contributed by atoms with Crippen molar-refractivity contribution in [3.05, 3.63) is 108 Å². The molecule has 1 aliphatic rings. The Balaban J connectivity index is 1.29. The van der Waals surface area contributed by atoms with E-state index in [1.807, 2.05) is 81.4 Å². The summed E-state index contributed by atoms with van der Waals surface area (Å²) in [6.07, 6.45) is 4.74. The molecule has 8 nitrogen and oxygen atoms in total. The van der Waals surface area contributed by atoms with Gasteiger partial charge in [0.2, 0.25) is 0 Å². The molecule has 1 fully saturated rings. The maximum absolute atomic E-state index is 12.5. The number of fused-ring (bicyclic) bond motifs is 1. The zero-order valence-electron chi connectivity index (χ0n) is 27.9. The van der Waals surface area contributed by atoms with Gasteiger partial charge in [0, 0.05) is 28.8 Å². The predicted molar refractivity (Wildman–Crippen MR) is 184 cm³/mol. The molecule has 1 aliphatic heterocycles. The minimum absolute atomic E-state index is 0.0599. The number of carbonyl (C=O) groups excluding carboxylic acids is 1. The lowest BCUT2D eigenvalue weighted by Gasteiger charge is -2.37. The normalized spacial score (nSPS) is 17.0. The second kappa shape index (κ2) is 15.8. The van der Waals surface area contributed by atoms with Gasteiger partial charge in [0.25, 0.3) is 0 Å². The van der Waals surface area contributed by atoms with Gasteiger partial charge in [-0.15, -0.1) is 5.06 Å². The van der Waals surface area contributed by atoms with Crippen LogP contribution < -0.4 is 14.2 Å². The molecule has 5 rings (SSSR count). The van der Waals surface area contributed by atoms with Crippen molar-refractivity contribution in [2.24, 2.45) is 0 Å². The van der Waals surface area contributed by atoms with E-state index in [1.165, 1.54) is 5.56 Å². The van der Waals surface area contributed by atoms with E-state index in [9.17, 15) is 4.79 Å². The quantitative estimate of drug-likeness (QED) is 0.113. The number of methoxy groups -OCH3 is 2. The summed E-state index contributed by atoms with van der Waals surface area (Å²) in [5, 5.41) is 3.56. The maximum Gasteiger partial charge on any atom is 0.528 e. The van der Waals surface area contributed by atoms with Gasteiger partial charge in [-0.1, -0.05) is 78.9 Å². The molecule has 0 aromatic heterocycles. The van der Waals surface area contributed by atoms with Crippen LogP contribution in [0.2, 0.25) is 0 Å². The van der Waals surface area contributed by atoms with Gasteiger partial charge in [0.15, 0.2) is 0 Å². The van der Waals surface area contributed by atoms with Crippen molar-refractivity contribution < 1.29 is 33.3 Å². The molecule has 0 bridgehead atoms. The average molecular weight is 640 g/mol. The summed E-state index contributed by atoms with van der Waals surface area (Å²) in [5.41, 5.74) is 2.52. The number of hydrogen-bond acceptors (Lipinski definition) is 8. The average Bonchev–Trinajstić information content (AvgIpc) is 3.06. The summed E-state index contributed by atoms with van der Waals surface area (Å²) in [5.74, 6) is 2.37. The molecule has 2 atom stereocenters. The van der Waals surface area contributed by atoms with E-state index in [4.69, 9.17) is 28.5 Å². The van der Waals surface area contributed by atoms with Crippen molar-refractivity contribution in [2.75, 3.05) is 33.9 Å². The summed E-state index contributed by atoms with van der Waals surface area (Å²) < 4.78 is 29.6. The van der Waals surface area contributed by atoms with E-state index in [2.05, 4.69) is 36.4 Å². The first-order valence-electron chi connectivity index (χ1n) is 16.1. The Morgan fingerprint density at radius 2 is 1.64 bits per heavy atom. The predicted octanol–water partition coefficient (Wildman–Crippen LogP) is 8.58. The first-order valence-corrected chi connectivity index (χ1v) is 16.1. The SMILES string of the molecule is COc1cc(COC2CN(OC(=O)OC(C)(C)C)CCC2c2ccc(OCC/C=C/c3ccccc3)cc2)c(OC)c2ccccc12. The van der Waals surface area contributed by atoms with Gasteiger partial charge in [0.05, 0.1) is 40.1 Å². The van der Waals surface area contributed by atoms with Crippen LogP contribution in [0.3, 0.4) is 0 Å². The molecule has 0 radical (unpaired) electrons. The van der Waals surface area contributed by atoms with E-state index in [1.54, 1.807) is 19.3 Å². The monoisotopic (exact) mass is 639 g/mol. The fraction of sp³-hybridized carbons (Fsp3) is 0.359. The van der Waals surface area contributed by atoms with Crippen LogP contribution in [0.25, 0.3) is 16.8 Å². The fourth-order valence-corrected chi connectivity index (χ4v) is 5.82. The molecule has 0 aliphatic carbocycles. The Morgan fingerprint density at radius 1 is 0.915 bits per heavy atom. The highest BCUT2D eigenvalue weighted by Gasteiger charge is 2.34. The molecule has 0 spiro atoms. The minimum Gasteiger partial charge on any atom is -0.496 e. The zero-order chi connectivity index (χ0) is 33.2. The van der Waals surface area contributed by atoms with Crippen molar-refractivity contribution in [2.45, 2.75) is 57.8 Å². The van der Waals surface area contributed by atoms with E-state index in [0.717, 1.165) is 52.0 Å². The van der Waals surface area contributed by atoms with Gasteiger partial charge in [-0.05, 0) is 62.9 Å². The Hall–Kier alpha value is -4.53. The third-order valence-corrected chi connectivity index (χ3v) is 8.00. The number of rotatable bonds is 12. The minimum atomic E-state index is -0.726. The third kappa shape index (κ3) is 9.27. The molecule has 4 aromatic rings. The molecule has 0 amide bonds. The van der Waals surface area contributed by atoms with Crippen LogP contribution in [0.4, 0.5) is 4.79 Å². The molecule has 2 unspecified atom stereocenters. The van der Waals surface area contributed by atoms with Crippen molar-refractivity contribution in [1.29, 1.82) is 0 Å². The standard InChI is InChI=1S/C39H45NO7/c1-39(2,3)46-38(41)47-40-23-22-32(29-18-20-31(21-19-29)44-24-12-11-15-28-13-7-6-8-14-28)36(26-40)45-27-30-25-35(42-4)33-16-9-10-17-34(33)37(30)43-5/h6-11,13-21,25,32,36H,12,22-24,26-27H2,1-5H3/b15-11+. The van der Waals surface area contributed by atoms with Crippen molar-refractivity contribution in [1.82, 2.24) is 5.06 Å². The molecular weight excluding hydrogens is 594 g/mol. The first kappa shape index (κ1) is 33.8. The molecule has 0 saturated carbocycles. The summed E-state index contributed by atoms with van der Waals surface area (Å²) in [4.78, 5) is 18.1. The van der Waals surface area contributed by atoms with Crippen LogP contribution >= 0.6 is 0 Å². The van der Waals surface area contributed by atoms with Gasteiger partial charge in [-0.2, -0.15) is 0 Å². The van der Waals surface area contributed by atoms with Crippen molar-refractivity contribution in [3.63, 3.8) is 0 Å². The zero-order valence-corrected chi connectivity index (χ0v) is 27.9. The van der Waals surface area contributed by atoms with Gasteiger partial charge >= 0.3 is 6.16 Å². The van der Waals surface area contributed by atoms with Gasteiger partial charge < -0.3 is 28.5 Å². The number of hydrogen-bond donors (Lipinski definition) is 0. The molecule has 47 heavy (non-hydrogen) atoms. The molecule has 8 heteroatoms. The molecule has 0 N–H and O–H groups in total. The number of ether oxygens (including phenoxy) is 5. The van der Waals surface area contributed by atoms with Crippen molar-refractivity contribution >= 4 is 23.0 Å². The number of piperidine rings is 1. The lowest BCUT2D eigenvalue weighted by atomic mass is 9.87. The second-order valence-corrected chi connectivity index (χ2v) is 12.5. The summed E-state index contributed by atoms with van der Waals surface area (Å²) in [6, 6.07) is 28.4. The smallest absolute Gasteiger partial charge is 0.496 e. The summed E-state index contributed by atoms with van der Waals surface area (Å²) in [6.45, 7) is 7.23. The van der Waals surface area contributed by atoms with Gasteiger partial charge in [0.1, 0.15) is 22.8 Å². The Bertz CT molecular complexity index is 1630. The highest BCUT2D eigenvalue weighted by atomic mass is 16.8. The lowest BCUT2D eigenvalue weighted by molar-refractivity contribution is -0.179. The van der Waals surface area contributed by atoms with Crippen LogP contribution in [0.1, 0.15) is 56.2 Å². The fourth-order valence-electron chi connectivity index (χ4n) is 5.82. The highest BCUT2D eigenvalue weighted by Crippen LogP contribution is 2.38. The highest BCUT2D eigenvalue weighted by molar-refractivity contribution is 5.94. The summed E-state index contributed by atoms with van der Waals surface area (Å²) in [7, 11) is 3.33. The molecule has 1 heterocycles. The Morgan fingerprint density at radius 3 is 2.34 bits per heavy atom.